The van der Waals surface area contributed by atoms with E-state index < -0.39 is 50.2 Å². The Morgan fingerprint density at radius 3 is 2.48 bits per heavy atom. The van der Waals surface area contributed by atoms with E-state index in [1.54, 1.807) is 53.7 Å². The lowest BCUT2D eigenvalue weighted by Gasteiger charge is -2.36. The minimum absolute atomic E-state index is 0.186. The summed E-state index contributed by atoms with van der Waals surface area (Å²) in [5.41, 5.74) is 0.164. The van der Waals surface area contributed by atoms with Crippen LogP contribution in [0.4, 0.5) is 19.8 Å². The summed E-state index contributed by atoms with van der Waals surface area (Å²) in [6.45, 7) is 10.1. The lowest BCUT2D eigenvalue weighted by molar-refractivity contribution is 0.0161. The molecular weight excluding hydrogens is 637 g/mol. The zero-order valence-corrected chi connectivity index (χ0v) is 27.4. The third-order valence-electron chi connectivity index (χ3n) is 5.99. The van der Waals surface area contributed by atoms with Crippen molar-refractivity contribution in [1.29, 1.82) is 0 Å². The van der Waals surface area contributed by atoms with Gasteiger partial charge in [-0.3, -0.25) is 4.90 Å². The van der Waals surface area contributed by atoms with Crippen molar-refractivity contribution < 1.29 is 41.0 Å². The SMILES string of the molecule is CC(C)(C)OC(=O)N1CCC=C(c2ccco2)C1COc1cc(F)c(S(=O)(=O)N(C(=O)OC(C)(C)C)c2cscn2)cc1Cl. The Morgan fingerprint density at radius 1 is 1.18 bits per heavy atom. The molecule has 0 spiro atoms. The molecule has 2 amide bonds. The second-order valence-electron chi connectivity index (χ2n) is 11.7. The van der Waals surface area contributed by atoms with Gasteiger partial charge in [-0.15, -0.1) is 15.6 Å². The molecule has 15 heteroatoms. The number of aromatic nitrogens is 1. The fourth-order valence-electron chi connectivity index (χ4n) is 4.26. The Kier molecular flexibility index (Phi) is 9.66. The first-order valence-electron chi connectivity index (χ1n) is 13.5. The molecule has 4 rings (SSSR count). The molecule has 0 saturated heterocycles. The van der Waals surface area contributed by atoms with Crippen LogP contribution in [-0.4, -0.2) is 60.9 Å². The predicted octanol–water partition coefficient (Wildman–Crippen LogP) is 7.13. The molecule has 3 aromatic rings. The van der Waals surface area contributed by atoms with Gasteiger partial charge in [-0.2, -0.15) is 0 Å². The van der Waals surface area contributed by atoms with Crippen molar-refractivity contribution in [3.8, 4) is 5.75 Å². The number of rotatable bonds is 7. The van der Waals surface area contributed by atoms with E-state index in [4.69, 9.17) is 30.2 Å². The topological polar surface area (TPSA) is 128 Å². The lowest BCUT2D eigenvalue weighted by atomic mass is 9.98. The molecule has 11 nitrogen and oxygen atoms in total. The molecule has 1 aliphatic rings. The van der Waals surface area contributed by atoms with E-state index in [1.807, 2.05) is 6.08 Å². The number of furan rings is 1. The first kappa shape index (κ1) is 33.3. The number of amides is 2. The van der Waals surface area contributed by atoms with Crippen molar-refractivity contribution in [2.45, 2.75) is 70.1 Å². The van der Waals surface area contributed by atoms with Crippen LogP contribution in [0.2, 0.25) is 5.02 Å². The Bertz CT molecular complexity index is 1630. The van der Waals surface area contributed by atoms with Gasteiger partial charge in [0.2, 0.25) is 0 Å². The molecule has 1 atom stereocenters. The highest BCUT2D eigenvalue weighted by Crippen LogP contribution is 2.35. The number of hydrogen-bond acceptors (Lipinski definition) is 10. The van der Waals surface area contributed by atoms with Gasteiger partial charge in [-0.05, 0) is 66.2 Å². The van der Waals surface area contributed by atoms with E-state index in [2.05, 4.69) is 4.98 Å². The average molecular weight is 670 g/mol. The maximum Gasteiger partial charge on any atom is 0.430 e. The zero-order valence-electron chi connectivity index (χ0n) is 25.0. The number of carbonyl (C=O) groups excluding carboxylic acids is 2. The van der Waals surface area contributed by atoms with Crippen LogP contribution in [0.3, 0.4) is 0 Å². The molecule has 0 saturated carbocycles. The first-order chi connectivity index (χ1) is 20.5. The summed E-state index contributed by atoms with van der Waals surface area (Å²) in [5, 5.41) is 1.05. The van der Waals surface area contributed by atoms with E-state index in [1.165, 1.54) is 22.1 Å². The standard InChI is InChI=1S/C29H33ClFN3O8S2/c1-28(2,3)41-26(35)33-11-7-9-18(22-10-8-12-39-22)21(33)15-40-23-14-20(31)24(13-19(23)30)44(37,38)34(25-16-43-17-32-25)27(36)42-29(4,5)6/h8-10,12-14,16-17,21H,7,11,15H2,1-6H3. The molecule has 1 unspecified atom stereocenters. The van der Waals surface area contributed by atoms with Crippen molar-refractivity contribution in [3.63, 3.8) is 0 Å². The molecule has 1 aromatic carbocycles. The predicted molar refractivity (Wildman–Crippen MR) is 163 cm³/mol. The third-order valence-corrected chi connectivity index (χ3v) is 8.55. The highest BCUT2D eigenvalue weighted by atomic mass is 35.5. The molecule has 238 valence electrons. The van der Waals surface area contributed by atoms with Crippen molar-refractivity contribution in [1.82, 2.24) is 9.88 Å². The lowest BCUT2D eigenvalue weighted by Crippen LogP contribution is -2.48. The molecule has 2 aromatic heterocycles. The summed E-state index contributed by atoms with van der Waals surface area (Å²) < 4.78 is 65.4. The van der Waals surface area contributed by atoms with E-state index in [0.717, 1.165) is 23.5 Å². The largest absolute Gasteiger partial charge is 0.489 e. The number of benzene rings is 1. The monoisotopic (exact) mass is 669 g/mol. The number of anilines is 1. The fraction of sp³-hybridized carbons (Fsp3) is 0.414. The Morgan fingerprint density at radius 2 is 1.89 bits per heavy atom. The van der Waals surface area contributed by atoms with Gasteiger partial charge >= 0.3 is 12.2 Å². The number of hydrogen-bond donors (Lipinski definition) is 0. The molecule has 0 N–H and O–H groups in total. The first-order valence-corrected chi connectivity index (χ1v) is 16.3. The van der Waals surface area contributed by atoms with Gasteiger partial charge in [0.25, 0.3) is 10.0 Å². The fourth-order valence-corrected chi connectivity index (χ4v) is 6.47. The molecule has 3 heterocycles. The normalized spacial score (nSPS) is 15.9. The highest BCUT2D eigenvalue weighted by molar-refractivity contribution is 7.93. The van der Waals surface area contributed by atoms with Crippen LogP contribution in [0.25, 0.3) is 5.57 Å². The Hall–Kier alpha value is -3.62. The van der Waals surface area contributed by atoms with E-state index in [-0.39, 0.29) is 27.5 Å². The van der Waals surface area contributed by atoms with Crippen molar-refractivity contribution in [2.75, 3.05) is 17.5 Å². The van der Waals surface area contributed by atoms with Gasteiger partial charge in [0.1, 0.15) is 40.0 Å². The summed E-state index contributed by atoms with van der Waals surface area (Å²) in [7, 11) is -4.88. The Labute approximate surface area is 264 Å². The van der Waals surface area contributed by atoms with Crippen LogP contribution in [0.1, 0.15) is 53.7 Å². The third kappa shape index (κ3) is 7.71. The second-order valence-corrected chi connectivity index (χ2v) is 14.6. The maximum absolute atomic E-state index is 15.6. The van der Waals surface area contributed by atoms with Crippen molar-refractivity contribution in [2.24, 2.45) is 0 Å². The van der Waals surface area contributed by atoms with Crippen LogP contribution in [-0.2, 0) is 19.5 Å². The van der Waals surface area contributed by atoms with E-state index >= 15 is 4.39 Å². The number of carbonyl (C=O) groups is 2. The van der Waals surface area contributed by atoms with Crippen molar-refractivity contribution in [3.05, 3.63) is 64.1 Å². The van der Waals surface area contributed by atoms with Gasteiger partial charge in [0, 0.05) is 23.6 Å². The second kappa shape index (κ2) is 12.8. The number of thiazole rings is 1. The van der Waals surface area contributed by atoms with Gasteiger partial charge < -0.3 is 18.6 Å². The van der Waals surface area contributed by atoms with Gasteiger partial charge in [0.05, 0.1) is 22.8 Å². The minimum atomic E-state index is -4.88. The van der Waals surface area contributed by atoms with Gasteiger partial charge in [0.15, 0.2) is 5.82 Å². The van der Waals surface area contributed by atoms with Crippen LogP contribution >= 0.6 is 22.9 Å². The van der Waals surface area contributed by atoms with Gasteiger partial charge in [-0.1, -0.05) is 17.7 Å². The van der Waals surface area contributed by atoms with Gasteiger partial charge in [-0.25, -0.2) is 27.4 Å². The summed E-state index contributed by atoms with van der Waals surface area (Å²) >= 11 is 7.46. The van der Waals surface area contributed by atoms with Crippen LogP contribution in [0.5, 0.6) is 5.75 Å². The number of halogens is 2. The minimum Gasteiger partial charge on any atom is -0.489 e. The number of sulfonamides is 1. The quantitative estimate of drug-likeness (QED) is 0.258. The average Bonchev–Trinajstić information content (AvgIpc) is 3.61. The van der Waals surface area contributed by atoms with E-state index in [9.17, 15) is 18.0 Å². The summed E-state index contributed by atoms with van der Waals surface area (Å²) in [6, 6.07) is 4.39. The summed E-state index contributed by atoms with van der Waals surface area (Å²) in [5.74, 6) is -1.18. The van der Waals surface area contributed by atoms with Crippen molar-refractivity contribution >= 4 is 56.5 Å². The molecular formula is C29H33ClFN3O8S2. The molecule has 1 aliphatic heterocycles. The smallest absolute Gasteiger partial charge is 0.430 e. The molecule has 0 radical (unpaired) electrons. The number of ether oxygens (including phenoxy) is 3. The summed E-state index contributed by atoms with van der Waals surface area (Å²) in [4.78, 5) is 30.6. The highest BCUT2D eigenvalue weighted by Gasteiger charge is 2.39. The molecule has 44 heavy (non-hydrogen) atoms. The van der Waals surface area contributed by atoms with Crippen LogP contribution in [0.15, 0.2) is 56.8 Å². The van der Waals surface area contributed by atoms with Crippen LogP contribution in [0, 0.1) is 5.82 Å². The van der Waals surface area contributed by atoms with Crippen LogP contribution < -0.4 is 9.04 Å². The molecule has 0 fully saturated rings. The summed E-state index contributed by atoms with van der Waals surface area (Å²) in [6.07, 6.45) is 2.09. The molecule has 0 aliphatic carbocycles. The number of nitrogens with zero attached hydrogens (tertiary/aromatic N) is 3. The Balaban J connectivity index is 1.65. The zero-order chi connectivity index (χ0) is 32.4. The molecule has 0 bridgehead atoms. The maximum atomic E-state index is 15.6. The van der Waals surface area contributed by atoms with E-state index in [0.29, 0.717) is 24.3 Å².